The number of aliphatic hydroxyl groups excluding tert-OH is 2. The molecular weight excluding hydrogens is 921 g/mol. The van der Waals surface area contributed by atoms with Crippen molar-refractivity contribution >= 4 is 33.5 Å². The summed E-state index contributed by atoms with van der Waals surface area (Å²) in [5.74, 6) is -6.65. The molecule has 6 aliphatic rings. The second kappa shape index (κ2) is 24.7. The Morgan fingerprint density at radius 1 is 0.814 bits per heavy atom. The number of nitrogens with zero attached hydrogens (tertiary/aromatic N) is 2. The van der Waals surface area contributed by atoms with Crippen LogP contribution in [0.25, 0.3) is 0 Å². The summed E-state index contributed by atoms with van der Waals surface area (Å²) < 4.78 is 57.7. The highest BCUT2D eigenvalue weighted by Crippen LogP contribution is 2.45. The van der Waals surface area contributed by atoms with Crippen molar-refractivity contribution in [1.82, 2.24) is 9.21 Å². The first-order chi connectivity index (χ1) is 33.2. The number of fused-ring (bicyclic) bond motifs is 5. The number of carbonyl (C=O) groups is 4. The molecule has 16 atom stereocenters. The number of amides is 1. The molecule has 5 bridgehead atoms. The van der Waals surface area contributed by atoms with E-state index in [1.165, 1.54) is 16.3 Å². The number of sulfonamides is 1. The number of aliphatic hydroxyl groups is 3. The topological polar surface area (TPSA) is 216 Å². The first kappa shape index (κ1) is 56.2. The Morgan fingerprint density at radius 3 is 2.24 bits per heavy atom. The van der Waals surface area contributed by atoms with Gasteiger partial charge in [-0.15, -0.1) is 0 Å². The zero-order chi connectivity index (χ0) is 51.1. The van der Waals surface area contributed by atoms with Crippen LogP contribution < -0.4 is 0 Å². The smallest absolute Gasteiger partial charge is 0.329 e. The number of Topliss-reactive ketones (excluding diaryl/α,β-unsaturated/α-hetero) is 2. The van der Waals surface area contributed by atoms with E-state index >= 15 is 0 Å². The molecule has 1 aliphatic carbocycles. The van der Waals surface area contributed by atoms with Gasteiger partial charge in [0.25, 0.3) is 11.7 Å². The van der Waals surface area contributed by atoms with Gasteiger partial charge in [-0.1, -0.05) is 69.7 Å². The maximum atomic E-state index is 14.5. The van der Waals surface area contributed by atoms with Crippen LogP contribution in [-0.2, 0) is 52.9 Å². The van der Waals surface area contributed by atoms with Gasteiger partial charge in [-0.05, 0) is 126 Å². The Hall–Kier alpha value is -3.13. The molecule has 2 unspecified atom stereocenters. The Kier molecular flexibility index (Phi) is 19.8. The van der Waals surface area contributed by atoms with Crippen molar-refractivity contribution in [1.29, 1.82) is 0 Å². The number of esters is 1. The lowest BCUT2D eigenvalue weighted by Crippen LogP contribution is -2.61. The summed E-state index contributed by atoms with van der Waals surface area (Å²) in [5.41, 5.74) is 1.32. The van der Waals surface area contributed by atoms with E-state index < -0.39 is 81.8 Å². The van der Waals surface area contributed by atoms with Crippen LogP contribution >= 0.6 is 0 Å². The molecule has 70 heavy (non-hydrogen) atoms. The zero-order valence-electron chi connectivity index (χ0n) is 42.8. The summed E-state index contributed by atoms with van der Waals surface area (Å²) >= 11 is 0. The lowest BCUT2D eigenvalue weighted by molar-refractivity contribution is -0.264. The lowest BCUT2D eigenvalue weighted by Gasteiger charge is -2.45. The summed E-state index contributed by atoms with van der Waals surface area (Å²) in [4.78, 5) is 58.4. The molecule has 5 fully saturated rings. The van der Waals surface area contributed by atoms with E-state index in [1.807, 2.05) is 64.2 Å². The van der Waals surface area contributed by atoms with Gasteiger partial charge in [-0.25, -0.2) is 13.2 Å². The normalized spacial score (nSPS) is 41.7. The molecule has 0 spiro atoms. The summed E-state index contributed by atoms with van der Waals surface area (Å²) in [6.07, 6.45) is 13.7. The Balaban J connectivity index is 1.32. The van der Waals surface area contributed by atoms with E-state index in [0.29, 0.717) is 50.6 Å². The van der Waals surface area contributed by atoms with Crippen molar-refractivity contribution in [3.8, 4) is 0 Å². The van der Waals surface area contributed by atoms with Gasteiger partial charge in [0.2, 0.25) is 15.8 Å². The third kappa shape index (κ3) is 13.1. The van der Waals surface area contributed by atoms with Crippen LogP contribution in [-0.4, -0.2) is 157 Å². The number of allylic oxidation sites excluding steroid dienone is 6. The van der Waals surface area contributed by atoms with E-state index in [2.05, 4.69) is 0 Å². The van der Waals surface area contributed by atoms with Gasteiger partial charge in [0.15, 0.2) is 5.78 Å². The van der Waals surface area contributed by atoms with Crippen LogP contribution in [0.1, 0.15) is 119 Å². The molecule has 5 heterocycles. The standard InChI is InChI=1S/C53H82N2O14S/c1-32-12-10-9-11-13-34(3)42(55-22-25-70(55,63)64)31-40-17-15-37(6)53(62,69-40)50(59)51(60)54-21-20-39-30-43(54)52(61)68-44(41(39)28-38-16-19-45(67-24-23-56)46(29-38)65-7)18-14-33(2)27-36(5)48(58)49(66-8)47(57)35(4)26-32/h9-13,27,32-33,35,37-46,48-49,56,58,62H,14-26,28-31H2,1-8H3/b11-9+,12-10+,34-13?,36-27+/t32-,33+,35-,37-,38+,39?,40+,41+,42?,43+,44+,45-,46-,48-,49+,53-/m1/s1. The van der Waals surface area contributed by atoms with Gasteiger partial charge >= 0.3 is 5.97 Å². The predicted octanol–water partition coefficient (Wildman–Crippen LogP) is 5.24. The van der Waals surface area contributed by atoms with Gasteiger partial charge < -0.3 is 43.9 Å². The number of ether oxygens (including phenoxy) is 5. The van der Waals surface area contributed by atoms with Crippen LogP contribution in [0.5, 0.6) is 0 Å². The number of hydrogen-bond acceptors (Lipinski definition) is 14. The van der Waals surface area contributed by atoms with Crippen LogP contribution in [0.15, 0.2) is 47.6 Å². The van der Waals surface area contributed by atoms with Crippen molar-refractivity contribution in [2.45, 2.75) is 173 Å². The van der Waals surface area contributed by atoms with Crippen LogP contribution in [0.4, 0.5) is 0 Å². The number of methoxy groups -OCH3 is 2. The molecule has 4 saturated heterocycles. The highest BCUT2D eigenvalue weighted by Gasteiger charge is 2.55. The number of piperidine rings is 1. The van der Waals surface area contributed by atoms with Crippen molar-refractivity contribution in [2.24, 2.45) is 41.4 Å². The minimum atomic E-state index is -3.54. The number of hydrogen-bond donors (Lipinski definition) is 3. The first-order valence-electron chi connectivity index (χ1n) is 25.9. The van der Waals surface area contributed by atoms with Gasteiger partial charge in [0.05, 0.1) is 37.3 Å². The van der Waals surface area contributed by atoms with E-state index in [4.69, 9.17) is 23.7 Å². The van der Waals surface area contributed by atoms with Crippen LogP contribution in [0.2, 0.25) is 0 Å². The quantitative estimate of drug-likeness (QED) is 0.161. The van der Waals surface area contributed by atoms with E-state index in [1.54, 1.807) is 21.0 Å². The highest BCUT2D eigenvalue weighted by atomic mass is 32.2. The van der Waals surface area contributed by atoms with Gasteiger partial charge in [0, 0.05) is 45.2 Å². The van der Waals surface area contributed by atoms with Crippen molar-refractivity contribution in [2.75, 3.05) is 46.3 Å². The minimum Gasteiger partial charge on any atom is -0.461 e. The molecule has 394 valence electrons. The summed E-state index contributed by atoms with van der Waals surface area (Å²) in [7, 11) is -0.444. The Morgan fingerprint density at radius 2 is 1.57 bits per heavy atom. The predicted molar refractivity (Wildman–Crippen MR) is 262 cm³/mol. The summed E-state index contributed by atoms with van der Waals surface area (Å²) in [6, 6.07) is -1.70. The maximum absolute atomic E-state index is 14.5. The summed E-state index contributed by atoms with van der Waals surface area (Å²) in [6.45, 7) is 11.7. The first-order valence-corrected chi connectivity index (χ1v) is 27.5. The van der Waals surface area contributed by atoms with E-state index in [0.717, 1.165) is 31.3 Å². The molecule has 0 aromatic heterocycles. The second-order valence-corrected chi connectivity index (χ2v) is 23.5. The monoisotopic (exact) mass is 1000 g/mol. The largest absolute Gasteiger partial charge is 0.461 e. The SMILES string of the molecule is CO[C@@H]1C[C@H](C[C@H]2C3CCN4C(=O)C(=O)[C@]5(O)O[C@@H](CC[C@H]5C)CC(N5CCS5(=O)=O)C(C)=C/C=C/C=C/[C@@H](C)C[C@@H](C)C(=O)[C@H](OC)[C@H](O)/C(C)=C/[C@@H](C)CC[C@@H]2OC(=O)[C@@H]4C3)CC[C@H]1OCCO. The molecule has 5 aliphatic heterocycles. The fourth-order valence-electron chi connectivity index (χ4n) is 12.1. The molecular formula is C53H82N2O14S. The fourth-order valence-corrected chi connectivity index (χ4v) is 13.5. The molecule has 0 aromatic rings. The molecule has 3 N–H and O–H groups in total. The Bertz CT molecular complexity index is 2070. The number of rotatable bonds is 8. The maximum Gasteiger partial charge on any atom is 0.329 e. The van der Waals surface area contributed by atoms with E-state index in [-0.39, 0.29) is 85.9 Å². The third-order valence-corrected chi connectivity index (χ3v) is 18.3. The lowest BCUT2D eigenvalue weighted by atomic mass is 9.71. The van der Waals surface area contributed by atoms with Crippen LogP contribution in [0.3, 0.4) is 0 Å². The zero-order valence-corrected chi connectivity index (χ0v) is 43.6. The average molecular weight is 1000 g/mol. The molecule has 0 aromatic carbocycles. The average Bonchev–Trinajstić information content (AvgIpc) is 3.42. The highest BCUT2D eigenvalue weighted by molar-refractivity contribution is 7.90. The molecule has 0 radical (unpaired) electrons. The molecule has 6 rings (SSSR count). The third-order valence-electron chi connectivity index (χ3n) is 16.4. The van der Waals surface area contributed by atoms with E-state index in [9.17, 15) is 42.9 Å². The van der Waals surface area contributed by atoms with Gasteiger partial charge in [-0.3, -0.25) is 14.4 Å². The van der Waals surface area contributed by atoms with Gasteiger partial charge in [0.1, 0.15) is 24.4 Å². The number of carbonyl (C=O) groups excluding carboxylic acids is 4. The van der Waals surface area contributed by atoms with Crippen molar-refractivity contribution in [3.05, 3.63) is 47.6 Å². The second-order valence-electron chi connectivity index (χ2n) is 21.4. The summed E-state index contributed by atoms with van der Waals surface area (Å²) in [5, 5.41) is 33.1. The molecule has 17 heteroatoms. The van der Waals surface area contributed by atoms with Crippen molar-refractivity contribution in [3.63, 3.8) is 0 Å². The van der Waals surface area contributed by atoms with Crippen LogP contribution in [0, 0.1) is 41.4 Å². The van der Waals surface area contributed by atoms with Gasteiger partial charge in [-0.2, -0.15) is 4.31 Å². The minimum absolute atomic E-state index is 0.000666. The fraction of sp³-hybridized carbons (Fsp3) is 0.774. The Labute approximate surface area is 416 Å². The molecule has 1 saturated carbocycles. The number of ketones is 2. The van der Waals surface area contributed by atoms with Crippen molar-refractivity contribution < 1.29 is 66.6 Å². The molecule has 1 amide bonds. The molecule has 16 nitrogen and oxygen atoms in total.